The predicted octanol–water partition coefficient (Wildman–Crippen LogP) is 3.43. The van der Waals surface area contributed by atoms with Crippen LogP contribution in [0.5, 0.6) is 0 Å². The van der Waals surface area contributed by atoms with Gasteiger partial charge in [0.15, 0.2) is 0 Å². The van der Waals surface area contributed by atoms with Gasteiger partial charge in [0.25, 0.3) is 0 Å². The SMILES string of the molecule is CCS(=O)(=O)N(C[C@@H](O)[C@H](Cc1cc(F)cc(F)c1)NC(C)=O)C1(c2cccc(C(C)C)c2)CCNCC1. The molecule has 0 saturated carbocycles. The van der Waals surface area contributed by atoms with Crippen molar-refractivity contribution in [2.45, 2.75) is 70.6 Å². The van der Waals surface area contributed by atoms with Crippen LogP contribution in [0.2, 0.25) is 0 Å². The predicted molar refractivity (Wildman–Crippen MR) is 144 cm³/mol. The van der Waals surface area contributed by atoms with E-state index < -0.39 is 45.2 Å². The molecule has 2 atom stereocenters. The van der Waals surface area contributed by atoms with E-state index in [1.807, 2.05) is 24.3 Å². The lowest BCUT2D eigenvalue weighted by Crippen LogP contribution is -2.59. The van der Waals surface area contributed by atoms with Crippen LogP contribution in [0.15, 0.2) is 42.5 Å². The molecule has 2 aromatic rings. The van der Waals surface area contributed by atoms with Crippen molar-refractivity contribution in [2.75, 3.05) is 25.4 Å². The molecule has 7 nitrogen and oxygen atoms in total. The Morgan fingerprint density at radius 2 is 1.76 bits per heavy atom. The number of hydrogen-bond acceptors (Lipinski definition) is 5. The minimum Gasteiger partial charge on any atom is -0.390 e. The van der Waals surface area contributed by atoms with Gasteiger partial charge in [-0.1, -0.05) is 38.1 Å². The van der Waals surface area contributed by atoms with Gasteiger partial charge in [-0.25, -0.2) is 17.2 Å². The second kappa shape index (κ2) is 12.6. The average Bonchev–Trinajstić information content (AvgIpc) is 2.86. The fourth-order valence-corrected chi connectivity index (χ4v) is 6.76. The molecular weight excluding hydrogens is 512 g/mol. The second-order valence-corrected chi connectivity index (χ2v) is 12.5. The van der Waals surface area contributed by atoms with Crippen LogP contribution in [-0.2, 0) is 26.8 Å². The Bertz CT molecular complexity index is 1200. The summed E-state index contributed by atoms with van der Waals surface area (Å²) in [5.41, 5.74) is 1.28. The highest BCUT2D eigenvalue weighted by molar-refractivity contribution is 7.89. The fourth-order valence-electron chi connectivity index (χ4n) is 5.24. The normalized spacial score (nSPS) is 17.4. The lowest BCUT2D eigenvalue weighted by atomic mass is 9.79. The van der Waals surface area contributed by atoms with Crippen LogP contribution in [0.25, 0.3) is 0 Å². The highest BCUT2D eigenvalue weighted by Gasteiger charge is 2.46. The van der Waals surface area contributed by atoms with E-state index in [0.29, 0.717) is 25.9 Å². The first kappa shape index (κ1) is 30.1. The van der Waals surface area contributed by atoms with Crippen LogP contribution in [0, 0.1) is 11.6 Å². The van der Waals surface area contributed by atoms with Crippen LogP contribution < -0.4 is 10.6 Å². The van der Waals surface area contributed by atoms with E-state index in [2.05, 4.69) is 24.5 Å². The minimum atomic E-state index is -3.83. The quantitative estimate of drug-likeness (QED) is 0.398. The van der Waals surface area contributed by atoms with E-state index in [0.717, 1.165) is 29.3 Å². The molecule has 0 unspecified atom stereocenters. The molecule has 3 rings (SSSR count). The molecule has 1 aliphatic rings. The lowest BCUT2D eigenvalue weighted by Gasteiger charge is -2.47. The number of hydrogen-bond donors (Lipinski definition) is 3. The van der Waals surface area contributed by atoms with Gasteiger partial charge in [-0.2, -0.15) is 4.31 Å². The third kappa shape index (κ3) is 7.16. The summed E-state index contributed by atoms with van der Waals surface area (Å²) in [6, 6.07) is 9.97. The van der Waals surface area contributed by atoms with E-state index in [-0.39, 0.29) is 30.2 Å². The Kier molecular flexibility index (Phi) is 10.0. The Morgan fingerprint density at radius 3 is 2.32 bits per heavy atom. The maximum absolute atomic E-state index is 13.8. The molecule has 0 aliphatic carbocycles. The van der Waals surface area contributed by atoms with Gasteiger partial charge in [-0.15, -0.1) is 0 Å². The summed E-state index contributed by atoms with van der Waals surface area (Å²) in [6.07, 6.45) is -0.417. The topological polar surface area (TPSA) is 98.7 Å². The molecule has 3 N–H and O–H groups in total. The summed E-state index contributed by atoms with van der Waals surface area (Å²) >= 11 is 0. The Balaban J connectivity index is 2.05. The standard InChI is InChI=1S/C28H39F2N3O4S/c1-5-38(36,37)33(28(9-11-31-12-10-28)23-8-6-7-22(16-23)19(2)3)18-27(35)26(32-20(4)34)15-21-13-24(29)17-25(30)14-21/h6-8,13-14,16-17,19,26-27,31,35H,5,9-12,15,18H2,1-4H3,(H,32,34)/t26-,27+/m0/s1. The number of nitrogens with zero attached hydrogens (tertiary/aromatic N) is 1. The van der Waals surface area contributed by atoms with Gasteiger partial charge in [0, 0.05) is 19.5 Å². The number of sulfonamides is 1. The molecular formula is C28H39F2N3O4S. The number of benzene rings is 2. The molecule has 0 spiro atoms. The van der Waals surface area contributed by atoms with E-state index in [4.69, 9.17) is 0 Å². The monoisotopic (exact) mass is 551 g/mol. The van der Waals surface area contributed by atoms with Gasteiger partial charge in [0.2, 0.25) is 15.9 Å². The van der Waals surface area contributed by atoms with Gasteiger partial charge in [0.05, 0.1) is 23.4 Å². The Morgan fingerprint density at radius 1 is 1.13 bits per heavy atom. The number of amides is 1. The van der Waals surface area contributed by atoms with E-state index in [1.165, 1.54) is 11.2 Å². The zero-order valence-electron chi connectivity index (χ0n) is 22.5. The van der Waals surface area contributed by atoms with E-state index in [1.54, 1.807) is 6.92 Å². The number of carbonyl (C=O) groups is 1. The van der Waals surface area contributed by atoms with E-state index >= 15 is 0 Å². The largest absolute Gasteiger partial charge is 0.390 e. The van der Waals surface area contributed by atoms with Gasteiger partial charge in [-0.3, -0.25) is 4.79 Å². The second-order valence-electron chi connectivity index (χ2n) is 10.3. The summed E-state index contributed by atoms with van der Waals surface area (Å²) in [7, 11) is -3.83. The first-order valence-electron chi connectivity index (χ1n) is 13.1. The number of aliphatic hydroxyl groups is 1. The van der Waals surface area contributed by atoms with Crippen molar-refractivity contribution in [3.05, 3.63) is 70.8 Å². The molecule has 0 bridgehead atoms. The maximum atomic E-state index is 13.8. The molecule has 1 heterocycles. The summed E-state index contributed by atoms with van der Waals surface area (Å²) < 4.78 is 56.3. The highest BCUT2D eigenvalue weighted by atomic mass is 32.2. The maximum Gasteiger partial charge on any atom is 0.217 e. The smallest absolute Gasteiger partial charge is 0.217 e. The highest BCUT2D eigenvalue weighted by Crippen LogP contribution is 2.40. The first-order chi connectivity index (χ1) is 17.9. The third-order valence-electron chi connectivity index (χ3n) is 7.28. The van der Waals surface area contributed by atoms with Crippen LogP contribution in [-0.4, -0.2) is 61.3 Å². The third-order valence-corrected chi connectivity index (χ3v) is 9.18. The molecule has 38 heavy (non-hydrogen) atoms. The van der Waals surface area contributed by atoms with Gasteiger partial charge in [-0.05, 0) is 74.0 Å². The molecule has 1 amide bonds. The summed E-state index contributed by atoms with van der Waals surface area (Å²) in [6.45, 7) is 7.89. The minimum absolute atomic E-state index is 0.0766. The number of nitrogens with one attached hydrogen (secondary N) is 2. The van der Waals surface area contributed by atoms with Gasteiger partial charge in [0.1, 0.15) is 11.6 Å². The van der Waals surface area contributed by atoms with Crippen LogP contribution in [0.3, 0.4) is 0 Å². The van der Waals surface area contributed by atoms with Crippen molar-refractivity contribution >= 4 is 15.9 Å². The first-order valence-corrected chi connectivity index (χ1v) is 14.7. The summed E-state index contributed by atoms with van der Waals surface area (Å²) in [4.78, 5) is 12.0. The van der Waals surface area contributed by atoms with Crippen molar-refractivity contribution in [1.82, 2.24) is 14.9 Å². The van der Waals surface area contributed by atoms with Crippen molar-refractivity contribution in [1.29, 1.82) is 0 Å². The molecule has 2 aromatic carbocycles. The van der Waals surface area contributed by atoms with Crippen molar-refractivity contribution in [3.63, 3.8) is 0 Å². The van der Waals surface area contributed by atoms with Crippen LogP contribution in [0.4, 0.5) is 8.78 Å². The summed E-state index contributed by atoms with van der Waals surface area (Å²) in [5, 5.41) is 17.4. The van der Waals surface area contributed by atoms with Gasteiger partial charge >= 0.3 is 0 Å². The van der Waals surface area contributed by atoms with Crippen molar-refractivity contribution in [2.24, 2.45) is 0 Å². The molecule has 1 aliphatic heterocycles. The average molecular weight is 552 g/mol. The molecule has 0 radical (unpaired) electrons. The van der Waals surface area contributed by atoms with Crippen LogP contribution in [0.1, 0.15) is 63.1 Å². The molecule has 1 fully saturated rings. The number of carbonyl (C=O) groups excluding carboxylic acids is 1. The number of aliphatic hydroxyl groups excluding tert-OH is 1. The molecule has 0 aromatic heterocycles. The van der Waals surface area contributed by atoms with Crippen LogP contribution >= 0.6 is 0 Å². The number of rotatable bonds is 11. The Hall–Kier alpha value is -2.40. The van der Waals surface area contributed by atoms with Crippen molar-refractivity contribution in [3.8, 4) is 0 Å². The lowest BCUT2D eigenvalue weighted by molar-refractivity contribution is -0.120. The Labute approximate surface area is 224 Å². The summed E-state index contributed by atoms with van der Waals surface area (Å²) in [5.74, 6) is -1.92. The molecule has 1 saturated heterocycles. The zero-order chi connectivity index (χ0) is 28.1. The number of piperidine rings is 1. The fraction of sp³-hybridized carbons (Fsp3) is 0.536. The zero-order valence-corrected chi connectivity index (χ0v) is 23.3. The van der Waals surface area contributed by atoms with Gasteiger partial charge < -0.3 is 15.7 Å². The van der Waals surface area contributed by atoms with E-state index in [9.17, 15) is 27.1 Å². The molecule has 10 heteroatoms. The number of halogens is 2. The molecule has 210 valence electrons. The van der Waals surface area contributed by atoms with Crippen molar-refractivity contribution < 1.29 is 27.1 Å².